The van der Waals surface area contributed by atoms with Gasteiger partial charge in [-0.05, 0) is 45.4 Å². The molecular formula is C19H28N2O4. The number of amides is 1. The maximum Gasteiger partial charge on any atom is 0.410 e. The molecule has 1 aliphatic heterocycles. The van der Waals surface area contributed by atoms with Gasteiger partial charge in [0.05, 0.1) is 12.7 Å². The molecule has 0 aliphatic carbocycles. The van der Waals surface area contributed by atoms with Gasteiger partial charge in [0.25, 0.3) is 0 Å². The summed E-state index contributed by atoms with van der Waals surface area (Å²) in [4.78, 5) is 27.8. The molecule has 1 aliphatic rings. The highest BCUT2D eigenvalue weighted by atomic mass is 16.6. The largest absolute Gasteiger partial charge is 0.465 e. The number of rotatable bonds is 3. The van der Waals surface area contributed by atoms with Crippen molar-refractivity contribution in [3.05, 3.63) is 35.4 Å². The molecule has 1 saturated heterocycles. The van der Waals surface area contributed by atoms with E-state index >= 15 is 0 Å². The van der Waals surface area contributed by atoms with Gasteiger partial charge in [-0.1, -0.05) is 12.1 Å². The van der Waals surface area contributed by atoms with Gasteiger partial charge in [0.2, 0.25) is 0 Å². The Bertz CT molecular complexity index is 607. The zero-order valence-corrected chi connectivity index (χ0v) is 15.7. The number of hydrogen-bond acceptors (Lipinski definition) is 5. The van der Waals surface area contributed by atoms with Crippen molar-refractivity contribution >= 4 is 12.1 Å². The molecule has 1 fully saturated rings. The number of ether oxygens (including phenoxy) is 2. The van der Waals surface area contributed by atoms with E-state index in [1.54, 1.807) is 17.0 Å². The van der Waals surface area contributed by atoms with Crippen molar-refractivity contribution in [2.75, 3.05) is 26.7 Å². The molecule has 6 nitrogen and oxygen atoms in total. The first-order valence-electron chi connectivity index (χ1n) is 8.59. The summed E-state index contributed by atoms with van der Waals surface area (Å²) >= 11 is 0. The van der Waals surface area contributed by atoms with Crippen LogP contribution in [0.4, 0.5) is 4.79 Å². The number of carbonyl (C=O) groups is 2. The third-order valence-electron chi connectivity index (χ3n) is 4.12. The first kappa shape index (κ1) is 19.2. The normalized spacial score (nSPS) is 18.8. The molecule has 138 valence electrons. The van der Waals surface area contributed by atoms with Gasteiger partial charge < -0.3 is 14.4 Å². The Kier molecular flexibility index (Phi) is 6.06. The third-order valence-corrected chi connectivity index (χ3v) is 4.12. The summed E-state index contributed by atoms with van der Waals surface area (Å²) in [5, 5.41) is 0. The van der Waals surface area contributed by atoms with Crippen LogP contribution in [0.5, 0.6) is 0 Å². The molecule has 0 radical (unpaired) electrons. The van der Waals surface area contributed by atoms with Gasteiger partial charge in [0.15, 0.2) is 0 Å². The maximum absolute atomic E-state index is 12.3. The van der Waals surface area contributed by atoms with E-state index in [1.165, 1.54) is 7.11 Å². The van der Waals surface area contributed by atoms with E-state index < -0.39 is 5.60 Å². The van der Waals surface area contributed by atoms with E-state index in [1.807, 2.05) is 39.8 Å². The van der Waals surface area contributed by atoms with Gasteiger partial charge in [0, 0.05) is 32.2 Å². The summed E-state index contributed by atoms with van der Waals surface area (Å²) < 4.78 is 10.2. The number of esters is 1. The van der Waals surface area contributed by atoms with E-state index in [2.05, 4.69) is 4.90 Å². The van der Waals surface area contributed by atoms with Gasteiger partial charge in [-0.25, -0.2) is 9.59 Å². The van der Waals surface area contributed by atoms with Crippen LogP contribution in [0.25, 0.3) is 0 Å². The van der Waals surface area contributed by atoms with Crippen LogP contribution in [0.3, 0.4) is 0 Å². The standard InChI is InChI=1S/C19H28N2O4/c1-14-12-20(10-11-21(14)18(23)25-19(2,3)4)13-15-6-8-16(9-7-15)17(22)24-5/h6-9,14H,10-13H2,1-5H3. The summed E-state index contributed by atoms with van der Waals surface area (Å²) in [6, 6.07) is 7.54. The number of nitrogens with zero attached hydrogens (tertiary/aromatic N) is 2. The molecular weight excluding hydrogens is 320 g/mol. The van der Waals surface area contributed by atoms with E-state index in [0.29, 0.717) is 12.1 Å². The second-order valence-corrected chi connectivity index (χ2v) is 7.45. The summed E-state index contributed by atoms with van der Waals surface area (Å²) in [6.07, 6.45) is -0.248. The Morgan fingerprint density at radius 3 is 2.32 bits per heavy atom. The lowest BCUT2D eigenvalue weighted by atomic mass is 10.1. The molecule has 25 heavy (non-hydrogen) atoms. The zero-order valence-electron chi connectivity index (χ0n) is 15.7. The fourth-order valence-corrected chi connectivity index (χ4v) is 2.89. The van der Waals surface area contributed by atoms with Crippen LogP contribution >= 0.6 is 0 Å². The maximum atomic E-state index is 12.3. The number of hydrogen-bond donors (Lipinski definition) is 0. The van der Waals surface area contributed by atoms with Crippen LogP contribution in [-0.2, 0) is 16.0 Å². The van der Waals surface area contributed by atoms with Crippen molar-refractivity contribution < 1.29 is 19.1 Å². The monoisotopic (exact) mass is 348 g/mol. The van der Waals surface area contributed by atoms with Crippen molar-refractivity contribution in [1.29, 1.82) is 0 Å². The van der Waals surface area contributed by atoms with Crippen LogP contribution in [0.2, 0.25) is 0 Å². The lowest BCUT2D eigenvalue weighted by Gasteiger charge is -2.40. The molecule has 0 N–H and O–H groups in total. The predicted molar refractivity (Wildman–Crippen MR) is 95.5 cm³/mol. The van der Waals surface area contributed by atoms with Crippen molar-refractivity contribution in [2.24, 2.45) is 0 Å². The average Bonchev–Trinajstić information content (AvgIpc) is 2.53. The third kappa shape index (κ3) is 5.46. The fourth-order valence-electron chi connectivity index (χ4n) is 2.89. The first-order valence-corrected chi connectivity index (χ1v) is 8.59. The molecule has 0 aromatic heterocycles. The molecule has 0 bridgehead atoms. The topological polar surface area (TPSA) is 59.1 Å². The summed E-state index contributed by atoms with van der Waals surface area (Å²) in [7, 11) is 1.38. The highest BCUT2D eigenvalue weighted by Gasteiger charge is 2.30. The van der Waals surface area contributed by atoms with E-state index in [0.717, 1.165) is 25.2 Å². The molecule has 0 saturated carbocycles. The molecule has 6 heteroatoms. The molecule has 1 atom stereocenters. The lowest BCUT2D eigenvalue weighted by molar-refractivity contribution is 0.000554. The van der Waals surface area contributed by atoms with Crippen molar-refractivity contribution in [1.82, 2.24) is 9.80 Å². The Morgan fingerprint density at radius 1 is 1.16 bits per heavy atom. The smallest absolute Gasteiger partial charge is 0.410 e. The van der Waals surface area contributed by atoms with Crippen molar-refractivity contribution in [3.63, 3.8) is 0 Å². The Labute approximate surface area is 149 Å². The Hall–Kier alpha value is -2.08. The van der Waals surface area contributed by atoms with Gasteiger partial charge >= 0.3 is 12.1 Å². The minimum atomic E-state index is -0.477. The highest BCUT2D eigenvalue weighted by Crippen LogP contribution is 2.17. The van der Waals surface area contributed by atoms with Gasteiger partial charge in [0.1, 0.15) is 5.60 Å². The zero-order chi connectivity index (χ0) is 18.6. The second-order valence-electron chi connectivity index (χ2n) is 7.45. The van der Waals surface area contributed by atoms with E-state index in [9.17, 15) is 9.59 Å². The number of benzene rings is 1. The van der Waals surface area contributed by atoms with E-state index in [4.69, 9.17) is 9.47 Å². The molecule has 2 rings (SSSR count). The Morgan fingerprint density at radius 2 is 1.80 bits per heavy atom. The minimum absolute atomic E-state index is 0.0953. The molecule has 1 heterocycles. The Balaban J connectivity index is 1.90. The van der Waals surface area contributed by atoms with Gasteiger partial charge in [-0.3, -0.25) is 4.90 Å². The second kappa shape index (κ2) is 7.87. The average molecular weight is 348 g/mol. The van der Waals surface area contributed by atoms with Gasteiger partial charge in [-0.15, -0.1) is 0 Å². The number of carbonyl (C=O) groups excluding carboxylic acids is 2. The molecule has 0 spiro atoms. The first-order chi connectivity index (χ1) is 11.7. The molecule has 1 amide bonds. The lowest BCUT2D eigenvalue weighted by Crippen LogP contribution is -2.54. The predicted octanol–water partition coefficient (Wildman–Crippen LogP) is 2.91. The van der Waals surface area contributed by atoms with E-state index in [-0.39, 0.29) is 18.1 Å². The summed E-state index contributed by atoms with van der Waals surface area (Å²) in [5.41, 5.74) is 1.20. The van der Waals surface area contributed by atoms with Crippen LogP contribution in [0, 0.1) is 0 Å². The van der Waals surface area contributed by atoms with Crippen LogP contribution in [0.15, 0.2) is 24.3 Å². The van der Waals surface area contributed by atoms with Crippen LogP contribution in [-0.4, -0.2) is 60.2 Å². The van der Waals surface area contributed by atoms with Crippen LogP contribution < -0.4 is 0 Å². The molecule has 1 aromatic rings. The highest BCUT2D eigenvalue weighted by molar-refractivity contribution is 5.89. The molecule has 1 aromatic carbocycles. The SMILES string of the molecule is COC(=O)c1ccc(CN2CCN(C(=O)OC(C)(C)C)C(C)C2)cc1. The quantitative estimate of drug-likeness (QED) is 0.786. The summed E-state index contributed by atoms with van der Waals surface area (Å²) in [6.45, 7) is 10.7. The number of methoxy groups -OCH3 is 1. The minimum Gasteiger partial charge on any atom is -0.465 e. The summed E-state index contributed by atoms with van der Waals surface area (Å²) in [5.74, 6) is -0.328. The van der Waals surface area contributed by atoms with Crippen molar-refractivity contribution in [3.8, 4) is 0 Å². The molecule has 1 unspecified atom stereocenters. The van der Waals surface area contributed by atoms with Crippen LogP contribution in [0.1, 0.15) is 43.6 Å². The van der Waals surface area contributed by atoms with Gasteiger partial charge in [-0.2, -0.15) is 0 Å². The van der Waals surface area contributed by atoms with Crippen molar-refractivity contribution in [2.45, 2.75) is 45.9 Å². The fraction of sp³-hybridized carbons (Fsp3) is 0.579. The number of piperazine rings is 1.